The lowest BCUT2D eigenvalue weighted by Gasteiger charge is -2.36. The first-order valence-corrected chi connectivity index (χ1v) is 9.19. The van der Waals surface area contributed by atoms with Crippen molar-refractivity contribution in [3.63, 3.8) is 0 Å². The topological polar surface area (TPSA) is 40.6 Å². The second-order valence-corrected chi connectivity index (χ2v) is 7.95. The summed E-state index contributed by atoms with van der Waals surface area (Å²) in [6.45, 7) is 9.44. The fourth-order valence-electron chi connectivity index (χ4n) is 2.64. The zero-order chi connectivity index (χ0) is 14.5. The van der Waals surface area contributed by atoms with Gasteiger partial charge in [-0.15, -0.1) is 0 Å². The first kappa shape index (κ1) is 16.9. The molecule has 0 aromatic carbocycles. The molecule has 1 saturated heterocycles. The molecule has 0 unspecified atom stereocenters. The van der Waals surface area contributed by atoms with Gasteiger partial charge in [0.25, 0.3) is 0 Å². The Morgan fingerprint density at radius 2 is 1.84 bits per heavy atom. The van der Waals surface area contributed by atoms with Gasteiger partial charge in [-0.1, -0.05) is 27.2 Å². The quantitative estimate of drug-likeness (QED) is 0.721. The van der Waals surface area contributed by atoms with Gasteiger partial charge in [0.2, 0.25) is 10.0 Å². The minimum atomic E-state index is -3.09. The molecule has 0 radical (unpaired) electrons. The van der Waals surface area contributed by atoms with E-state index in [1.54, 1.807) is 11.4 Å². The number of rotatable bonds is 7. The summed E-state index contributed by atoms with van der Waals surface area (Å²) in [5.74, 6) is 0.530. The third-order valence-electron chi connectivity index (χ3n) is 4.24. The lowest BCUT2D eigenvalue weighted by atomic mass is 10.1. The number of nitrogens with zero attached hydrogens (tertiary/aromatic N) is 2. The summed E-state index contributed by atoms with van der Waals surface area (Å²) in [6, 6.07) is 0.196. The molecular weight excluding hydrogens is 260 g/mol. The van der Waals surface area contributed by atoms with Gasteiger partial charge in [-0.3, -0.25) is 0 Å². The highest BCUT2D eigenvalue weighted by molar-refractivity contribution is 7.89. The van der Waals surface area contributed by atoms with Crippen LogP contribution in [0.15, 0.2) is 0 Å². The Bertz CT molecular complexity index is 348. The van der Waals surface area contributed by atoms with E-state index in [0.717, 1.165) is 38.9 Å². The lowest BCUT2D eigenvalue weighted by Crippen LogP contribution is -2.46. The number of hydrogen-bond donors (Lipinski definition) is 0. The Morgan fingerprint density at radius 1 is 1.26 bits per heavy atom. The Kier molecular flexibility index (Phi) is 6.77. The molecule has 4 nitrogen and oxygen atoms in total. The molecule has 0 N–H and O–H groups in total. The van der Waals surface area contributed by atoms with E-state index in [-0.39, 0.29) is 17.7 Å². The average Bonchev–Trinajstić information content (AvgIpc) is 2.38. The molecule has 114 valence electrons. The van der Waals surface area contributed by atoms with Crippen molar-refractivity contribution in [3.05, 3.63) is 0 Å². The number of likely N-dealkylation sites (tertiary alicyclic amines) is 1. The van der Waals surface area contributed by atoms with E-state index in [2.05, 4.69) is 11.8 Å². The largest absolute Gasteiger partial charge is 0.303 e. The van der Waals surface area contributed by atoms with Crippen LogP contribution in [-0.2, 0) is 10.0 Å². The molecule has 0 bridgehead atoms. The second kappa shape index (κ2) is 7.60. The predicted octanol–water partition coefficient (Wildman–Crippen LogP) is 2.17. The molecule has 0 spiro atoms. The Balaban J connectivity index is 2.52. The minimum Gasteiger partial charge on any atom is -0.303 e. The molecule has 1 aliphatic rings. The van der Waals surface area contributed by atoms with Crippen LogP contribution in [0.4, 0.5) is 0 Å². The van der Waals surface area contributed by atoms with Gasteiger partial charge in [0, 0.05) is 13.1 Å². The number of piperidine rings is 1. The lowest BCUT2D eigenvalue weighted by molar-refractivity contribution is 0.170. The molecule has 0 saturated carbocycles. The summed E-state index contributed by atoms with van der Waals surface area (Å²) in [4.78, 5) is 2.44. The molecule has 1 aliphatic heterocycles. The zero-order valence-electron chi connectivity index (χ0n) is 12.9. The highest BCUT2D eigenvalue weighted by Gasteiger charge is 2.30. The fraction of sp³-hybridized carbons (Fsp3) is 1.00. The van der Waals surface area contributed by atoms with Crippen LogP contribution in [0.25, 0.3) is 0 Å². The first-order valence-electron chi connectivity index (χ1n) is 7.58. The van der Waals surface area contributed by atoms with Crippen molar-refractivity contribution in [2.24, 2.45) is 5.92 Å². The van der Waals surface area contributed by atoms with Crippen molar-refractivity contribution >= 4 is 10.0 Å². The van der Waals surface area contributed by atoms with E-state index >= 15 is 0 Å². The molecule has 1 rings (SSSR count). The van der Waals surface area contributed by atoms with E-state index in [0.29, 0.717) is 0 Å². The summed E-state index contributed by atoms with van der Waals surface area (Å²) >= 11 is 0. The summed E-state index contributed by atoms with van der Waals surface area (Å²) in [5, 5.41) is 0. The van der Waals surface area contributed by atoms with Crippen LogP contribution in [0.3, 0.4) is 0 Å². The second-order valence-electron chi connectivity index (χ2n) is 5.88. The normalized spacial score (nSPS) is 20.9. The molecule has 0 aliphatic carbocycles. The van der Waals surface area contributed by atoms with Gasteiger partial charge in [-0.05, 0) is 44.8 Å². The van der Waals surface area contributed by atoms with Crippen molar-refractivity contribution in [1.82, 2.24) is 9.21 Å². The van der Waals surface area contributed by atoms with Crippen molar-refractivity contribution in [1.29, 1.82) is 0 Å². The predicted molar refractivity (Wildman–Crippen MR) is 80.8 cm³/mol. The molecular formula is C14H30N2O2S. The van der Waals surface area contributed by atoms with Gasteiger partial charge in [-0.2, -0.15) is 0 Å². The van der Waals surface area contributed by atoms with E-state index in [4.69, 9.17) is 0 Å². The molecule has 0 amide bonds. The summed E-state index contributed by atoms with van der Waals surface area (Å²) in [5.41, 5.74) is 0. The maximum atomic E-state index is 12.3. The zero-order valence-corrected chi connectivity index (χ0v) is 13.7. The maximum Gasteiger partial charge on any atom is 0.214 e. The molecule has 0 aromatic heterocycles. The van der Waals surface area contributed by atoms with Crippen LogP contribution in [0.5, 0.6) is 0 Å². The van der Waals surface area contributed by atoms with E-state index in [1.807, 2.05) is 13.8 Å². The van der Waals surface area contributed by atoms with E-state index in [1.165, 1.54) is 6.42 Å². The minimum absolute atomic E-state index is 0.196. The van der Waals surface area contributed by atoms with E-state index < -0.39 is 10.0 Å². The third-order valence-corrected chi connectivity index (χ3v) is 6.41. The summed E-state index contributed by atoms with van der Waals surface area (Å²) < 4.78 is 26.3. The third kappa shape index (κ3) is 5.04. The molecule has 5 heteroatoms. The van der Waals surface area contributed by atoms with Crippen LogP contribution < -0.4 is 0 Å². The number of sulfonamides is 1. The van der Waals surface area contributed by atoms with Crippen LogP contribution >= 0.6 is 0 Å². The van der Waals surface area contributed by atoms with Crippen LogP contribution in [-0.4, -0.2) is 56.1 Å². The van der Waals surface area contributed by atoms with Crippen molar-refractivity contribution in [2.45, 2.75) is 52.5 Å². The van der Waals surface area contributed by atoms with Crippen molar-refractivity contribution in [3.8, 4) is 0 Å². The summed E-state index contributed by atoms with van der Waals surface area (Å²) in [7, 11) is -1.32. The average molecular weight is 290 g/mol. The van der Waals surface area contributed by atoms with Gasteiger partial charge >= 0.3 is 0 Å². The Hall–Kier alpha value is -0.130. The highest BCUT2D eigenvalue weighted by atomic mass is 32.2. The van der Waals surface area contributed by atoms with Crippen LogP contribution in [0.1, 0.15) is 46.5 Å². The van der Waals surface area contributed by atoms with Crippen molar-refractivity contribution in [2.75, 3.05) is 32.4 Å². The standard InChI is InChI=1S/C14H30N2O2S/c1-5-9-16-10-7-14(8-11-16)15(4)19(17,18)12-13(3)6-2/h13-14H,5-12H2,1-4H3/t13-/m0/s1. The van der Waals surface area contributed by atoms with Crippen molar-refractivity contribution < 1.29 is 8.42 Å². The Morgan fingerprint density at radius 3 is 2.32 bits per heavy atom. The first-order chi connectivity index (χ1) is 8.90. The van der Waals surface area contributed by atoms with Gasteiger partial charge in [0.1, 0.15) is 0 Å². The molecule has 1 fully saturated rings. The van der Waals surface area contributed by atoms with Gasteiger partial charge < -0.3 is 4.90 Å². The van der Waals surface area contributed by atoms with Gasteiger partial charge in [0.15, 0.2) is 0 Å². The summed E-state index contributed by atoms with van der Waals surface area (Å²) in [6.07, 6.45) is 4.03. The SMILES string of the molecule is CCCN1CCC(N(C)S(=O)(=O)C[C@@H](C)CC)CC1. The van der Waals surface area contributed by atoms with Crippen LogP contribution in [0, 0.1) is 5.92 Å². The van der Waals surface area contributed by atoms with Crippen LogP contribution in [0.2, 0.25) is 0 Å². The highest BCUT2D eigenvalue weighted by Crippen LogP contribution is 2.20. The molecule has 1 atom stereocenters. The van der Waals surface area contributed by atoms with Gasteiger partial charge in [0.05, 0.1) is 5.75 Å². The smallest absolute Gasteiger partial charge is 0.214 e. The monoisotopic (exact) mass is 290 g/mol. The molecule has 1 heterocycles. The van der Waals surface area contributed by atoms with Gasteiger partial charge in [-0.25, -0.2) is 12.7 Å². The Labute approximate surface area is 119 Å². The maximum absolute atomic E-state index is 12.3. The molecule has 19 heavy (non-hydrogen) atoms. The van der Waals surface area contributed by atoms with E-state index in [9.17, 15) is 8.42 Å². The fourth-order valence-corrected chi connectivity index (χ4v) is 4.50. The molecule has 0 aromatic rings. The number of hydrogen-bond acceptors (Lipinski definition) is 3.